The lowest BCUT2D eigenvalue weighted by atomic mass is 10.1. The number of methoxy groups -OCH3 is 1. The smallest absolute Gasteiger partial charge is 0.257 e. The van der Waals surface area contributed by atoms with E-state index in [1.165, 1.54) is 7.11 Å². The number of hydrogen-bond donors (Lipinski definition) is 1. The van der Waals surface area contributed by atoms with Gasteiger partial charge in [-0.15, -0.1) is 0 Å². The number of nitrogens with zero attached hydrogens (tertiary/aromatic N) is 1. The first-order valence-electron chi connectivity index (χ1n) is 7.50. The van der Waals surface area contributed by atoms with E-state index in [4.69, 9.17) is 16.3 Å². The van der Waals surface area contributed by atoms with E-state index in [1.807, 2.05) is 19.1 Å². The number of halogens is 1. The van der Waals surface area contributed by atoms with Gasteiger partial charge in [-0.05, 0) is 37.1 Å². The number of benzene rings is 2. The van der Waals surface area contributed by atoms with Gasteiger partial charge in [0.15, 0.2) is 0 Å². The summed E-state index contributed by atoms with van der Waals surface area (Å²) in [5.41, 5.74) is 1.28. The van der Waals surface area contributed by atoms with Crippen LogP contribution < -0.4 is 15.2 Å². The van der Waals surface area contributed by atoms with E-state index in [9.17, 15) is 9.90 Å². The molecule has 0 aliphatic rings. The molecule has 0 aliphatic heterocycles. The van der Waals surface area contributed by atoms with E-state index in [1.54, 1.807) is 34.9 Å². The molecule has 3 aromatic rings. The highest BCUT2D eigenvalue weighted by Gasteiger charge is 2.18. The van der Waals surface area contributed by atoms with Gasteiger partial charge in [0.2, 0.25) is 0 Å². The summed E-state index contributed by atoms with van der Waals surface area (Å²) in [6.45, 7) is 2.36. The van der Waals surface area contributed by atoms with Crippen molar-refractivity contribution in [3.63, 3.8) is 0 Å². The van der Waals surface area contributed by atoms with E-state index < -0.39 is 5.91 Å². The summed E-state index contributed by atoms with van der Waals surface area (Å²) in [6, 6.07) is 12.2. The van der Waals surface area contributed by atoms with Gasteiger partial charge in [-0.2, -0.15) is 0 Å². The van der Waals surface area contributed by atoms with Crippen LogP contribution in [-0.4, -0.2) is 17.6 Å². The van der Waals surface area contributed by atoms with Gasteiger partial charge in [0, 0.05) is 22.5 Å². The van der Waals surface area contributed by atoms with E-state index in [0.717, 1.165) is 5.52 Å². The van der Waals surface area contributed by atoms with Crippen LogP contribution in [0.4, 0.5) is 5.69 Å². The van der Waals surface area contributed by atoms with Gasteiger partial charge in [0.25, 0.3) is 5.91 Å². The molecule has 24 heavy (non-hydrogen) atoms. The molecule has 5 nitrogen and oxygen atoms in total. The third kappa shape index (κ3) is 2.67. The predicted molar refractivity (Wildman–Crippen MR) is 93.0 cm³/mol. The fourth-order valence-corrected chi connectivity index (χ4v) is 2.95. The molecular weight excluding hydrogens is 328 g/mol. The Morgan fingerprint density at radius 1 is 1.29 bits per heavy atom. The molecule has 0 radical (unpaired) electrons. The first-order valence-corrected chi connectivity index (χ1v) is 7.87. The minimum absolute atomic E-state index is 0.120. The minimum Gasteiger partial charge on any atom is -0.859 e. The van der Waals surface area contributed by atoms with Crippen molar-refractivity contribution < 1.29 is 14.6 Å². The Morgan fingerprint density at radius 3 is 2.75 bits per heavy atom. The maximum atomic E-state index is 12.7. The number of para-hydroxylation sites is 1. The summed E-state index contributed by atoms with van der Waals surface area (Å²) in [7, 11) is 1.50. The molecule has 0 atom stereocenters. The summed E-state index contributed by atoms with van der Waals surface area (Å²) in [5.74, 6) is -0.319. The number of anilines is 1. The molecule has 2 aromatic carbocycles. The van der Waals surface area contributed by atoms with Crippen molar-refractivity contribution in [1.29, 1.82) is 0 Å². The van der Waals surface area contributed by atoms with Gasteiger partial charge in [-0.1, -0.05) is 29.8 Å². The molecule has 6 heteroatoms. The highest BCUT2D eigenvalue weighted by Crippen LogP contribution is 2.32. The number of fused-ring (bicyclic) bond motifs is 1. The zero-order chi connectivity index (χ0) is 17.3. The maximum Gasteiger partial charge on any atom is 0.257 e. The average molecular weight is 344 g/mol. The fourth-order valence-electron chi connectivity index (χ4n) is 2.78. The normalized spacial score (nSPS) is 10.8. The first-order chi connectivity index (χ1) is 11.6. The summed E-state index contributed by atoms with van der Waals surface area (Å²) in [5, 5.41) is 16.4. The SMILES string of the molecule is CCn1c([O-])c(C(=O)Nc2cc(Cl)ccc2OC)c2ccccc21. The molecule has 0 unspecified atom stereocenters. The minimum atomic E-state index is -0.482. The largest absolute Gasteiger partial charge is 0.859 e. The Labute approximate surface area is 144 Å². The van der Waals surface area contributed by atoms with Crippen molar-refractivity contribution >= 4 is 34.1 Å². The Kier molecular flexibility index (Phi) is 4.36. The van der Waals surface area contributed by atoms with Crippen LogP contribution in [0.5, 0.6) is 11.6 Å². The molecule has 0 saturated carbocycles. The number of amides is 1. The van der Waals surface area contributed by atoms with Crippen LogP contribution in [0, 0.1) is 0 Å². The molecule has 3 rings (SSSR count). The first kappa shape index (κ1) is 16.2. The Morgan fingerprint density at radius 2 is 2.04 bits per heavy atom. The second-order valence-electron chi connectivity index (χ2n) is 5.24. The van der Waals surface area contributed by atoms with Crippen LogP contribution in [-0.2, 0) is 6.54 Å². The van der Waals surface area contributed by atoms with Crippen molar-refractivity contribution in [1.82, 2.24) is 4.57 Å². The number of carbonyl (C=O) groups is 1. The van der Waals surface area contributed by atoms with Gasteiger partial charge in [0.05, 0.1) is 18.4 Å². The maximum absolute atomic E-state index is 12.7. The van der Waals surface area contributed by atoms with Crippen LogP contribution in [0.15, 0.2) is 42.5 Å². The van der Waals surface area contributed by atoms with E-state index in [0.29, 0.717) is 28.4 Å². The molecule has 1 heterocycles. The average Bonchev–Trinajstić information content (AvgIpc) is 2.86. The highest BCUT2D eigenvalue weighted by molar-refractivity contribution is 6.31. The monoisotopic (exact) mass is 343 g/mol. The van der Waals surface area contributed by atoms with Crippen molar-refractivity contribution in [2.45, 2.75) is 13.5 Å². The zero-order valence-corrected chi connectivity index (χ0v) is 14.1. The molecule has 1 N–H and O–H groups in total. The number of aryl methyl sites for hydroxylation is 1. The number of ether oxygens (including phenoxy) is 1. The molecule has 124 valence electrons. The van der Waals surface area contributed by atoms with Gasteiger partial charge in [0.1, 0.15) is 5.75 Å². The molecule has 1 aromatic heterocycles. The Hall–Kier alpha value is -2.66. The van der Waals surface area contributed by atoms with E-state index in [2.05, 4.69) is 5.32 Å². The number of carbonyl (C=O) groups excluding carboxylic acids is 1. The highest BCUT2D eigenvalue weighted by atomic mass is 35.5. The van der Waals surface area contributed by atoms with Gasteiger partial charge >= 0.3 is 0 Å². The molecule has 0 spiro atoms. The van der Waals surface area contributed by atoms with Crippen LogP contribution in [0.1, 0.15) is 17.3 Å². The van der Waals surface area contributed by atoms with Crippen molar-refractivity contribution in [2.75, 3.05) is 12.4 Å². The second-order valence-corrected chi connectivity index (χ2v) is 5.68. The second kappa shape index (κ2) is 6.45. The Balaban J connectivity index is 2.07. The predicted octanol–water partition coefficient (Wildman–Crippen LogP) is 3.65. The fraction of sp³-hybridized carbons (Fsp3) is 0.167. The molecule has 0 saturated heterocycles. The molecular formula is C18H16ClN2O3-. The summed E-state index contributed by atoms with van der Waals surface area (Å²) in [4.78, 5) is 12.7. The van der Waals surface area contributed by atoms with Crippen molar-refractivity contribution in [2.24, 2.45) is 0 Å². The van der Waals surface area contributed by atoms with E-state index in [-0.39, 0.29) is 11.4 Å². The third-order valence-corrected chi connectivity index (χ3v) is 4.11. The lowest BCUT2D eigenvalue weighted by molar-refractivity contribution is -0.278. The van der Waals surface area contributed by atoms with Crippen LogP contribution >= 0.6 is 11.6 Å². The van der Waals surface area contributed by atoms with Crippen LogP contribution in [0.3, 0.4) is 0 Å². The third-order valence-electron chi connectivity index (χ3n) is 3.88. The van der Waals surface area contributed by atoms with Crippen molar-refractivity contribution in [3.8, 4) is 11.6 Å². The number of hydrogen-bond acceptors (Lipinski definition) is 3. The topological polar surface area (TPSA) is 66.3 Å². The quantitative estimate of drug-likeness (QED) is 0.786. The molecule has 0 fully saturated rings. The summed E-state index contributed by atoms with van der Waals surface area (Å²) in [6.07, 6.45) is 0. The van der Waals surface area contributed by atoms with Gasteiger partial charge in [-0.25, -0.2) is 0 Å². The van der Waals surface area contributed by atoms with Crippen LogP contribution in [0.2, 0.25) is 5.02 Å². The van der Waals surface area contributed by atoms with Gasteiger partial charge in [-0.3, -0.25) is 4.79 Å². The van der Waals surface area contributed by atoms with Crippen molar-refractivity contribution in [3.05, 3.63) is 53.1 Å². The number of rotatable bonds is 4. The standard InChI is InChI=1S/C18H17ClN2O3/c1-3-21-14-7-5-4-6-12(14)16(18(21)23)17(22)20-13-10-11(19)8-9-15(13)24-2/h4-10,23H,3H2,1-2H3,(H,20,22)/p-1. The number of nitrogens with one attached hydrogen (secondary N) is 1. The molecule has 1 amide bonds. The lowest BCUT2D eigenvalue weighted by Gasteiger charge is -2.15. The molecule has 0 aliphatic carbocycles. The number of aromatic nitrogens is 1. The summed E-state index contributed by atoms with van der Waals surface area (Å²) >= 11 is 5.98. The lowest BCUT2D eigenvalue weighted by Crippen LogP contribution is -2.15. The van der Waals surface area contributed by atoms with Crippen LogP contribution in [0.25, 0.3) is 10.9 Å². The van der Waals surface area contributed by atoms with Gasteiger partial charge < -0.3 is 19.7 Å². The van der Waals surface area contributed by atoms with E-state index >= 15 is 0 Å². The molecule has 0 bridgehead atoms. The Bertz CT molecular complexity index is 918. The summed E-state index contributed by atoms with van der Waals surface area (Å²) < 4.78 is 6.81. The zero-order valence-electron chi connectivity index (χ0n) is 13.3.